The number of rotatable bonds is 6. The maximum atomic E-state index is 12.4. The zero-order valence-electron chi connectivity index (χ0n) is 23.5. The SMILES string of the molecule is O=C1C=CC2=C(C1)CN(Cc1ccccc1)CC2.O=S(=O)(Oc1ccc2c(n1)CN(Cc1ccccc1)CC2)C(F)(F)F. The van der Waals surface area contributed by atoms with E-state index in [2.05, 4.69) is 43.2 Å². The number of carbonyl (C=O) groups excluding carboxylic acids is 1. The Kier molecular flexibility index (Phi) is 9.43. The number of halogens is 3. The van der Waals surface area contributed by atoms with Gasteiger partial charge in [0.25, 0.3) is 0 Å². The van der Waals surface area contributed by atoms with Gasteiger partial charge in [-0.05, 0) is 46.8 Å². The van der Waals surface area contributed by atoms with Gasteiger partial charge in [0.2, 0.25) is 5.88 Å². The summed E-state index contributed by atoms with van der Waals surface area (Å²) < 4.78 is 63.5. The van der Waals surface area contributed by atoms with Crippen LogP contribution >= 0.6 is 0 Å². The van der Waals surface area contributed by atoms with E-state index >= 15 is 0 Å². The van der Waals surface area contributed by atoms with E-state index in [0.717, 1.165) is 49.8 Å². The molecule has 2 aliphatic heterocycles. The Morgan fingerprint density at radius 1 is 0.791 bits per heavy atom. The van der Waals surface area contributed by atoms with E-state index in [0.29, 0.717) is 31.6 Å². The number of benzene rings is 2. The van der Waals surface area contributed by atoms with Gasteiger partial charge in [0.1, 0.15) is 0 Å². The van der Waals surface area contributed by atoms with Gasteiger partial charge in [-0.15, -0.1) is 0 Å². The minimum absolute atomic E-state index is 0.246. The molecule has 0 bridgehead atoms. The lowest BCUT2D eigenvalue weighted by atomic mass is 9.91. The van der Waals surface area contributed by atoms with Gasteiger partial charge in [0, 0.05) is 51.8 Å². The molecule has 1 aliphatic carbocycles. The van der Waals surface area contributed by atoms with E-state index in [1.54, 1.807) is 12.1 Å². The Morgan fingerprint density at radius 2 is 1.40 bits per heavy atom. The summed E-state index contributed by atoms with van der Waals surface area (Å²) in [6, 6.07) is 23.0. The Morgan fingerprint density at radius 3 is 2.02 bits per heavy atom. The molecule has 3 aliphatic rings. The number of alkyl halides is 3. The van der Waals surface area contributed by atoms with Crippen molar-refractivity contribution in [3.05, 3.63) is 118 Å². The molecule has 7 nitrogen and oxygen atoms in total. The topological polar surface area (TPSA) is 79.8 Å². The highest BCUT2D eigenvalue weighted by Gasteiger charge is 2.49. The molecule has 0 saturated heterocycles. The van der Waals surface area contributed by atoms with E-state index in [-0.39, 0.29) is 5.78 Å². The second-order valence-corrected chi connectivity index (χ2v) is 12.3. The van der Waals surface area contributed by atoms with E-state index in [1.165, 1.54) is 16.7 Å². The summed E-state index contributed by atoms with van der Waals surface area (Å²) in [5.74, 6) is -0.326. The van der Waals surface area contributed by atoms with Crippen LogP contribution in [-0.4, -0.2) is 54.1 Å². The highest BCUT2D eigenvalue weighted by Crippen LogP contribution is 2.28. The number of hydrogen-bond acceptors (Lipinski definition) is 7. The fourth-order valence-electron chi connectivity index (χ4n) is 5.34. The van der Waals surface area contributed by atoms with Gasteiger partial charge in [0.05, 0.1) is 5.69 Å². The van der Waals surface area contributed by atoms with Crippen molar-refractivity contribution in [1.29, 1.82) is 0 Å². The number of carbonyl (C=O) groups is 1. The largest absolute Gasteiger partial charge is 0.534 e. The van der Waals surface area contributed by atoms with Gasteiger partial charge in [-0.1, -0.05) is 72.8 Å². The molecule has 0 N–H and O–H groups in total. The molecule has 3 aromatic rings. The summed E-state index contributed by atoms with van der Waals surface area (Å²) in [6.45, 7) is 4.88. The summed E-state index contributed by atoms with van der Waals surface area (Å²) in [4.78, 5) is 19.9. The Bertz CT molecular complexity index is 1610. The van der Waals surface area contributed by atoms with Gasteiger partial charge in [-0.2, -0.15) is 21.6 Å². The molecular weight excluding hydrogens is 579 g/mol. The van der Waals surface area contributed by atoms with Crippen molar-refractivity contribution in [1.82, 2.24) is 14.8 Å². The lowest BCUT2D eigenvalue weighted by molar-refractivity contribution is -0.114. The molecule has 43 heavy (non-hydrogen) atoms. The first kappa shape index (κ1) is 30.7. The smallest absolute Gasteiger partial charge is 0.355 e. The minimum atomic E-state index is -5.72. The van der Waals surface area contributed by atoms with Crippen LogP contribution < -0.4 is 4.18 Å². The normalized spacial score (nSPS) is 17.5. The maximum Gasteiger partial charge on any atom is 0.534 e. The second-order valence-electron chi connectivity index (χ2n) is 10.7. The van der Waals surface area contributed by atoms with Crippen LogP contribution in [0.5, 0.6) is 5.88 Å². The molecule has 0 radical (unpaired) electrons. The number of hydrogen-bond donors (Lipinski definition) is 0. The molecule has 0 saturated carbocycles. The number of allylic oxidation sites excluding steroid dienone is 2. The summed E-state index contributed by atoms with van der Waals surface area (Å²) in [7, 11) is -5.72. The Balaban J connectivity index is 0.000000180. The van der Waals surface area contributed by atoms with Crippen LogP contribution in [0.15, 0.2) is 96.1 Å². The van der Waals surface area contributed by atoms with Gasteiger partial charge in [0.15, 0.2) is 5.78 Å². The number of fused-ring (bicyclic) bond motifs is 1. The fraction of sp³-hybridized carbons (Fsp3) is 0.312. The molecule has 11 heteroatoms. The average Bonchev–Trinajstić information content (AvgIpc) is 2.97. The predicted octanol–water partition coefficient (Wildman–Crippen LogP) is 5.59. The van der Waals surface area contributed by atoms with Crippen LogP contribution in [0.3, 0.4) is 0 Å². The average molecular weight is 612 g/mol. The summed E-state index contributed by atoms with van der Waals surface area (Å²) in [6.07, 6.45) is 6.12. The quantitative estimate of drug-likeness (QED) is 0.266. The highest BCUT2D eigenvalue weighted by atomic mass is 32.2. The standard InChI is InChI=1S/C16H15F3N2O3S.C16H17NO/c17-16(18,19)25(22,23)24-15-7-6-13-8-9-21(11-14(13)20-15)10-12-4-2-1-3-5-12;18-16-7-6-14-8-9-17(12-15(14)10-16)11-13-4-2-1-3-5-13/h1-7H,8-11H2;1-7H,8-12H2. The number of nitrogens with zero attached hydrogens (tertiary/aromatic N) is 3. The lowest BCUT2D eigenvalue weighted by Gasteiger charge is -2.31. The van der Waals surface area contributed by atoms with E-state index in [4.69, 9.17) is 0 Å². The van der Waals surface area contributed by atoms with E-state index in [9.17, 15) is 26.4 Å². The van der Waals surface area contributed by atoms with Gasteiger partial charge >= 0.3 is 15.6 Å². The maximum absolute atomic E-state index is 12.4. The van der Waals surface area contributed by atoms with Crippen LogP contribution in [0.2, 0.25) is 0 Å². The summed E-state index contributed by atoms with van der Waals surface area (Å²) in [5, 5.41) is 0. The summed E-state index contributed by atoms with van der Waals surface area (Å²) >= 11 is 0. The van der Waals surface area contributed by atoms with Crippen LogP contribution in [-0.2, 0) is 41.0 Å². The van der Waals surface area contributed by atoms with E-state index in [1.807, 2.05) is 42.5 Å². The monoisotopic (exact) mass is 611 g/mol. The molecule has 6 rings (SSSR count). The third-order valence-electron chi connectivity index (χ3n) is 7.51. The number of ketones is 1. The second kappa shape index (κ2) is 13.2. The third-order valence-corrected chi connectivity index (χ3v) is 8.47. The molecule has 1 aromatic heterocycles. The molecule has 2 aromatic carbocycles. The predicted molar refractivity (Wildman–Crippen MR) is 156 cm³/mol. The van der Waals surface area contributed by atoms with Gasteiger partial charge < -0.3 is 4.18 Å². The molecule has 0 atom stereocenters. The molecule has 226 valence electrons. The van der Waals surface area contributed by atoms with Crippen molar-refractivity contribution < 1.29 is 30.6 Å². The van der Waals surface area contributed by atoms with Crippen molar-refractivity contribution >= 4 is 15.9 Å². The van der Waals surface area contributed by atoms with Crippen molar-refractivity contribution in [2.24, 2.45) is 0 Å². The van der Waals surface area contributed by atoms with Crippen molar-refractivity contribution in [2.45, 2.75) is 44.4 Å². The lowest BCUT2D eigenvalue weighted by Crippen LogP contribution is -2.32. The Hall–Kier alpha value is -3.80. The Labute approximate surface area is 249 Å². The highest BCUT2D eigenvalue weighted by molar-refractivity contribution is 7.87. The van der Waals surface area contributed by atoms with Gasteiger partial charge in [-0.25, -0.2) is 4.98 Å². The molecule has 3 heterocycles. The molecular formula is C32H32F3N3O4S. The minimum Gasteiger partial charge on any atom is -0.355 e. The zero-order valence-corrected chi connectivity index (χ0v) is 24.3. The summed E-state index contributed by atoms with van der Waals surface area (Å²) in [5.41, 5.74) is 1.09. The first-order chi connectivity index (χ1) is 20.6. The van der Waals surface area contributed by atoms with Crippen molar-refractivity contribution in [2.75, 3.05) is 19.6 Å². The molecule has 0 unspecified atom stereocenters. The zero-order chi connectivity index (χ0) is 30.5. The van der Waals surface area contributed by atoms with Crippen LogP contribution in [0, 0.1) is 0 Å². The number of pyridine rings is 1. The van der Waals surface area contributed by atoms with Gasteiger partial charge in [-0.3, -0.25) is 14.6 Å². The first-order valence-corrected chi connectivity index (χ1v) is 15.4. The third kappa shape index (κ3) is 8.19. The van der Waals surface area contributed by atoms with Crippen LogP contribution in [0.1, 0.15) is 35.2 Å². The van der Waals surface area contributed by atoms with Crippen molar-refractivity contribution in [3.63, 3.8) is 0 Å². The molecule has 0 amide bonds. The van der Waals surface area contributed by atoms with Crippen molar-refractivity contribution in [3.8, 4) is 5.88 Å². The molecule has 0 spiro atoms. The van der Waals surface area contributed by atoms with Crippen LogP contribution in [0.4, 0.5) is 13.2 Å². The van der Waals surface area contributed by atoms with Crippen LogP contribution in [0.25, 0.3) is 0 Å². The first-order valence-electron chi connectivity index (χ1n) is 14.0. The van der Waals surface area contributed by atoms with E-state index < -0.39 is 21.5 Å². The number of aromatic nitrogens is 1. The fourth-order valence-corrected chi connectivity index (χ4v) is 5.75. The molecule has 0 fully saturated rings.